The average molecular weight is 245 g/mol. The summed E-state index contributed by atoms with van der Waals surface area (Å²) in [6, 6.07) is 4.03. The highest BCUT2D eigenvalue weighted by molar-refractivity contribution is 5.78. The molecule has 0 amide bonds. The van der Waals surface area contributed by atoms with Crippen LogP contribution in [-0.4, -0.2) is 17.1 Å². The van der Waals surface area contributed by atoms with E-state index in [1.807, 2.05) is 6.07 Å². The normalized spacial score (nSPS) is 23.7. The van der Waals surface area contributed by atoms with Crippen molar-refractivity contribution in [3.05, 3.63) is 29.6 Å². The van der Waals surface area contributed by atoms with E-state index < -0.39 is 0 Å². The topological polar surface area (TPSA) is 39.2 Å². The van der Waals surface area contributed by atoms with E-state index in [1.54, 1.807) is 6.20 Å². The number of aryl methyl sites for hydroxylation is 1. The van der Waals surface area contributed by atoms with Gasteiger partial charge in [0.15, 0.2) is 0 Å². The van der Waals surface area contributed by atoms with Crippen LogP contribution in [-0.2, 0) is 16.0 Å². The maximum Gasteiger partial charge on any atom is 0.315 e. The van der Waals surface area contributed by atoms with E-state index in [0.717, 1.165) is 37.8 Å². The zero-order chi connectivity index (χ0) is 12.4. The Morgan fingerprint density at radius 1 is 1.22 bits per heavy atom. The lowest BCUT2D eigenvalue weighted by atomic mass is 9.87. The van der Waals surface area contributed by atoms with Crippen molar-refractivity contribution in [2.75, 3.05) is 0 Å². The second kappa shape index (κ2) is 5.09. The summed E-state index contributed by atoms with van der Waals surface area (Å²) in [5, 5.41) is 0. The SMILES string of the molecule is O=C(OC1CCCC1)C1CCCc2cccnc21. The number of aromatic nitrogens is 1. The van der Waals surface area contributed by atoms with Gasteiger partial charge in [0, 0.05) is 6.20 Å². The fourth-order valence-corrected chi connectivity index (χ4v) is 3.09. The molecule has 1 atom stereocenters. The highest BCUT2D eigenvalue weighted by atomic mass is 16.5. The third kappa shape index (κ3) is 2.26. The van der Waals surface area contributed by atoms with Gasteiger partial charge in [-0.25, -0.2) is 0 Å². The number of carbonyl (C=O) groups excluding carboxylic acids is 1. The maximum absolute atomic E-state index is 12.3. The summed E-state index contributed by atoms with van der Waals surface area (Å²) < 4.78 is 5.63. The number of fused-ring (bicyclic) bond motifs is 1. The van der Waals surface area contributed by atoms with Gasteiger partial charge in [-0.1, -0.05) is 6.07 Å². The Morgan fingerprint density at radius 3 is 2.89 bits per heavy atom. The van der Waals surface area contributed by atoms with Crippen LogP contribution < -0.4 is 0 Å². The summed E-state index contributed by atoms with van der Waals surface area (Å²) in [5.41, 5.74) is 2.17. The van der Waals surface area contributed by atoms with E-state index in [1.165, 1.54) is 18.4 Å². The fourth-order valence-electron chi connectivity index (χ4n) is 3.09. The summed E-state index contributed by atoms with van der Waals surface area (Å²) in [6.45, 7) is 0. The van der Waals surface area contributed by atoms with E-state index in [2.05, 4.69) is 11.1 Å². The molecule has 3 rings (SSSR count). The zero-order valence-electron chi connectivity index (χ0n) is 10.6. The number of hydrogen-bond acceptors (Lipinski definition) is 3. The number of rotatable bonds is 2. The molecule has 0 saturated heterocycles. The van der Waals surface area contributed by atoms with Gasteiger partial charge in [-0.3, -0.25) is 9.78 Å². The Bertz CT molecular complexity index is 438. The molecule has 3 nitrogen and oxygen atoms in total. The van der Waals surface area contributed by atoms with Crippen LogP contribution >= 0.6 is 0 Å². The van der Waals surface area contributed by atoms with Crippen molar-refractivity contribution in [1.82, 2.24) is 4.98 Å². The van der Waals surface area contributed by atoms with E-state index in [9.17, 15) is 4.79 Å². The summed E-state index contributed by atoms with van der Waals surface area (Å²) in [7, 11) is 0. The van der Waals surface area contributed by atoms with Gasteiger partial charge in [0.2, 0.25) is 0 Å². The molecule has 0 bridgehead atoms. The van der Waals surface area contributed by atoms with Crippen LogP contribution in [0, 0.1) is 0 Å². The standard InChI is InChI=1S/C15H19NO2/c17-15(18-12-7-1-2-8-12)13-9-3-5-11-6-4-10-16-14(11)13/h4,6,10,12-13H,1-3,5,7-9H2. The second-order valence-electron chi connectivity index (χ2n) is 5.34. The molecule has 1 unspecified atom stereocenters. The molecule has 1 aromatic rings. The summed E-state index contributed by atoms with van der Waals surface area (Å²) >= 11 is 0. The lowest BCUT2D eigenvalue weighted by Crippen LogP contribution is -2.25. The molecule has 96 valence electrons. The Labute approximate surface area is 108 Å². The lowest BCUT2D eigenvalue weighted by molar-refractivity contribution is -0.151. The Morgan fingerprint density at radius 2 is 2.06 bits per heavy atom. The molecule has 3 heteroatoms. The minimum Gasteiger partial charge on any atom is -0.462 e. The van der Waals surface area contributed by atoms with Gasteiger partial charge in [-0.05, 0) is 56.6 Å². The molecule has 18 heavy (non-hydrogen) atoms. The largest absolute Gasteiger partial charge is 0.462 e. The number of hydrogen-bond donors (Lipinski definition) is 0. The first kappa shape index (κ1) is 11.7. The predicted molar refractivity (Wildman–Crippen MR) is 68.3 cm³/mol. The van der Waals surface area contributed by atoms with Crippen molar-refractivity contribution >= 4 is 5.97 Å². The van der Waals surface area contributed by atoms with Crippen molar-refractivity contribution in [1.29, 1.82) is 0 Å². The van der Waals surface area contributed by atoms with Gasteiger partial charge in [-0.15, -0.1) is 0 Å². The van der Waals surface area contributed by atoms with Crippen LogP contribution in [0.25, 0.3) is 0 Å². The first-order chi connectivity index (χ1) is 8.84. The summed E-state index contributed by atoms with van der Waals surface area (Å²) in [5.74, 6) is -0.183. The maximum atomic E-state index is 12.3. The number of nitrogens with zero attached hydrogens (tertiary/aromatic N) is 1. The van der Waals surface area contributed by atoms with E-state index in [0.29, 0.717) is 0 Å². The van der Waals surface area contributed by atoms with E-state index in [-0.39, 0.29) is 18.0 Å². The van der Waals surface area contributed by atoms with Gasteiger partial charge in [0.1, 0.15) is 6.10 Å². The number of esters is 1. The molecule has 2 aliphatic carbocycles. The smallest absolute Gasteiger partial charge is 0.315 e. The van der Waals surface area contributed by atoms with Crippen molar-refractivity contribution in [2.45, 2.75) is 57.0 Å². The molecule has 2 aliphatic rings. The van der Waals surface area contributed by atoms with Crippen molar-refractivity contribution in [3.8, 4) is 0 Å². The number of pyridine rings is 1. The van der Waals surface area contributed by atoms with Gasteiger partial charge in [-0.2, -0.15) is 0 Å². The van der Waals surface area contributed by atoms with Crippen molar-refractivity contribution in [2.24, 2.45) is 0 Å². The minimum atomic E-state index is -0.129. The van der Waals surface area contributed by atoms with Crippen LogP contribution in [0.3, 0.4) is 0 Å². The molecule has 0 aliphatic heterocycles. The molecule has 0 spiro atoms. The molecule has 0 radical (unpaired) electrons. The molecule has 1 heterocycles. The van der Waals surface area contributed by atoms with Crippen LogP contribution in [0.15, 0.2) is 18.3 Å². The van der Waals surface area contributed by atoms with Crippen LogP contribution in [0.4, 0.5) is 0 Å². The summed E-state index contributed by atoms with van der Waals surface area (Å²) in [6.07, 6.45) is 9.37. The van der Waals surface area contributed by atoms with Crippen molar-refractivity contribution < 1.29 is 9.53 Å². The highest BCUT2D eigenvalue weighted by Gasteiger charge is 2.31. The van der Waals surface area contributed by atoms with Gasteiger partial charge in [0.25, 0.3) is 0 Å². The monoisotopic (exact) mass is 245 g/mol. The molecule has 1 aromatic heterocycles. The molecule has 1 saturated carbocycles. The molecule has 0 aromatic carbocycles. The minimum absolute atomic E-state index is 0.0541. The quantitative estimate of drug-likeness (QED) is 0.752. The van der Waals surface area contributed by atoms with Gasteiger partial charge >= 0.3 is 5.97 Å². The fraction of sp³-hybridized carbons (Fsp3) is 0.600. The van der Waals surface area contributed by atoms with Crippen LogP contribution in [0.5, 0.6) is 0 Å². The van der Waals surface area contributed by atoms with Gasteiger partial charge in [0.05, 0.1) is 11.6 Å². The second-order valence-corrected chi connectivity index (χ2v) is 5.34. The lowest BCUT2D eigenvalue weighted by Gasteiger charge is -2.24. The summed E-state index contributed by atoms with van der Waals surface area (Å²) in [4.78, 5) is 16.7. The predicted octanol–water partition coefficient (Wildman–Crippen LogP) is 2.99. The zero-order valence-corrected chi connectivity index (χ0v) is 10.6. The van der Waals surface area contributed by atoms with Gasteiger partial charge < -0.3 is 4.74 Å². The Kier molecular flexibility index (Phi) is 3.31. The number of carbonyl (C=O) groups is 1. The average Bonchev–Trinajstić information content (AvgIpc) is 2.91. The first-order valence-corrected chi connectivity index (χ1v) is 6.99. The number of ether oxygens (including phenoxy) is 1. The van der Waals surface area contributed by atoms with Crippen LogP contribution in [0.2, 0.25) is 0 Å². The third-order valence-electron chi connectivity index (χ3n) is 4.06. The Balaban J connectivity index is 1.74. The van der Waals surface area contributed by atoms with Crippen molar-refractivity contribution in [3.63, 3.8) is 0 Å². The molecule has 1 fully saturated rings. The Hall–Kier alpha value is -1.38. The van der Waals surface area contributed by atoms with Crippen LogP contribution in [0.1, 0.15) is 55.7 Å². The first-order valence-electron chi connectivity index (χ1n) is 6.99. The molecule has 0 N–H and O–H groups in total. The third-order valence-corrected chi connectivity index (χ3v) is 4.06. The molecular formula is C15H19NO2. The molecular weight excluding hydrogens is 226 g/mol. The van der Waals surface area contributed by atoms with E-state index >= 15 is 0 Å². The highest BCUT2D eigenvalue weighted by Crippen LogP contribution is 2.32. The van der Waals surface area contributed by atoms with E-state index in [4.69, 9.17) is 4.74 Å².